The zero-order valence-corrected chi connectivity index (χ0v) is 21.1. The van der Waals surface area contributed by atoms with Gasteiger partial charge in [-0.05, 0) is 41.5 Å². The van der Waals surface area contributed by atoms with Gasteiger partial charge in [0, 0.05) is 25.2 Å². The maximum Gasteiger partial charge on any atom is 0.415 e. The van der Waals surface area contributed by atoms with Gasteiger partial charge in [-0.3, -0.25) is 4.79 Å². The molecule has 0 atom stereocenters. The van der Waals surface area contributed by atoms with Crippen molar-refractivity contribution in [3.8, 4) is 5.69 Å². The molecular formula is C27H23N5O5S. The number of nitrogens with zero attached hydrogens (tertiary/aromatic N) is 3. The van der Waals surface area contributed by atoms with Crippen LogP contribution in [0.25, 0.3) is 11.8 Å². The lowest BCUT2D eigenvalue weighted by molar-refractivity contribution is 0.102. The van der Waals surface area contributed by atoms with E-state index in [-0.39, 0.29) is 17.3 Å². The number of ether oxygens (including phenoxy) is 1. The first-order valence-electron chi connectivity index (χ1n) is 11.5. The summed E-state index contributed by atoms with van der Waals surface area (Å²) in [5.41, 5.74) is 8.70. The van der Waals surface area contributed by atoms with Crippen LogP contribution in [0.2, 0.25) is 0 Å². The number of sulfone groups is 1. The van der Waals surface area contributed by atoms with Gasteiger partial charge < -0.3 is 20.7 Å². The molecule has 0 saturated heterocycles. The Bertz CT molecular complexity index is 1660. The highest BCUT2D eigenvalue weighted by atomic mass is 32.2. The maximum absolute atomic E-state index is 12.7. The fourth-order valence-electron chi connectivity index (χ4n) is 3.88. The number of nitrogen functional groups attached to an aromatic ring is 1. The van der Waals surface area contributed by atoms with Gasteiger partial charge in [0.1, 0.15) is 0 Å². The van der Waals surface area contributed by atoms with Crippen molar-refractivity contribution in [2.24, 2.45) is 0 Å². The SMILES string of the molecule is CN(Cc1ccc(C(=O)Nc2nn(-c3ccccc3)cc2N)cc1)C(=O)OC1=Cc2ccccc2S1(=O)=O. The lowest BCUT2D eigenvalue weighted by Gasteiger charge is -2.17. The molecule has 0 radical (unpaired) electrons. The zero-order valence-electron chi connectivity index (χ0n) is 20.2. The van der Waals surface area contributed by atoms with E-state index >= 15 is 0 Å². The molecule has 4 aromatic rings. The van der Waals surface area contributed by atoms with Crippen molar-refractivity contribution >= 4 is 39.4 Å². The van der Waals surface area contributed by atoms with E-state index in [0.717, 1.165) is 5.69 Å². The number of hydrogen-bond acceptors (Lipinski definition) is 7. The second-order valence-electron chi connectivity index (χ2n) is 8.59. The summed E-state index contributed by atoms with van der Waals surface area (Å²) in [6.07, 6.45) is 2.13. The second kappa shape index (κ2) is 9.87. The van der Waals surface area contributed by atoms with Crippen LogP contribution in [0.3, 0.4) is 0 Å². The van der Waals surface area contributed by atoms with Crippen molar-refractivity contribution in [1.82, 2.24) is 14.7 Å². The molecular weight excluding hydrogens is 506 g/mol. The molecule has 10 nitrogen and oxygen atoms in total. The first-order chi connectivity index (χ1) is 18.2. The highest BCUT2D eigenvalue weighted by Crippen LogP contribution is 2.33. The predicted molar refractivity (Wildman–Crippen MR) is 142 cm³/mol. The third-order valence-corrected chi connectivity index (χ3v) is 7.56. The van der Waals surface area contributed by atoms with Crippen LogP contribution in [0.1, 0.15) is 21.5 Å². The van der Waals surface area contributed by atoms with Crippen molar-refractivity contribution in [3.63, 3.8) is 0 Å². The summed E-state index contributed by atoms with van der Waals surface area (Å²) < 4.78 is 32.0. The fourth-order valence-corrected chi connectivity index (χ4v) is 5.26. The Morgan fingerprint density at radius 1 is 1.00 bits per heavy atom. The Hall–Kier alpha value is -4.90. The third-order valence-electron chi connectivity index (χ3n) is 5.88. The lowest BCUT2D eigenvalue weighted by atomic mass is 10.1. The van der Waals surface area contributed by atoms with Crippen molar-refractivity contribution < 1.29 is 22.7 Å². The average Bonchev–Trinajstić information content (AvgIpc) is 3.40. The minimum Gasteiger partial charge on any atom is -0.397 e. The van der Waals surface area contributed by atoms with E-state index < -0.39 is 26.9 Å². The van der Waals surface area contributed by atoms with Crippen LogP contribution in [0.15, 0.2) is 95.0 Å². The summed E-state index contributed by atoms with van der Waals surface area (Å²) in [4.78, 5) is 26.7. The van der Waals surface area contributed by atoms with Gasteiger partial charge in [-0.1, -0.05) is 48.5 Å². The van der Waals surface area contributed by atoms with Gasteiger partial charge in [0.05, 0.1) is 22.5 Å². The zero-order chi connectivity index (χ0) is 26.9. The van der Waals surface area contributed by atoms with E-state index in [4.69, 9.17) is 10.5 Å². The van der Waals surface area contributed by atoms with Crippen LogP contribution in [0.4, 0.5) is 16.3 Å². The molecule has 0 saturated carbocycles. The molecule has 0 fully saturated rings. The topological polar surface area (TPSA) is 137 Å². The summed E-state index contributed by atoms with van der Waals surface area (Å²) in [5.74, 6) is -0.156. The molecule has 5 rings (SSSR count). The van der Waals surface area contributed by atoms with Gasteiger partial charge in [-0.2, -0.15) is 0 Å². The van der Waals surface area contributed by atoms with E-state index in [1.807, 2.05) is 30.3 Å². The number of para-hydroxylation sites is 1. The van der Waals surface area contributed by atoms with E-state index in [1.54, 1.807) is 53.3 Å². The molecule has 2 heterocycles. The van der Waals surface area contributed by atoms with E-state index in [0.29, 0.717) is 22.4 Å². The van der Waals surface area contributed by atoms with Crippen molar-refractivity contribution in [1.29, 1.82) is 0 Å². The number of anilines is 2. The van der Waals surface area contributed by atoms with Gasteiger partial charge in [-0.15, -0.1) is 5.10 Å². The number of amides is 2. The smallest absolute Gasteiger partial charge is 0.397 e. The Labute approximate surface area is 218 Å². The predicted octanol–water partition coefficient (Wildman–Crippen LogP) is 4.06. The first kappa shape index (κ1) is 24.8. The standard InChI is InChI=1S/C27H23N5O5S/c1-31(27(34)37-24-15-20-7-5-6-10-23(20)38(24,35)36)16-18-11-13-19(14-12-18)26(33)29-25-22(28)17-32(30-25)21-8-3-2-4-9-21/h2-15,17H,16,28H2,1H3,(H,29,30,33). The quantitative estimate of drug-likeness (QED) is 0.384. The minimum absolute atomic E-state index is 0.105. The number of rotatable bonds is 6. The molecule has 2 amide bonds. The number of carbonyl (C=O) groups excluding carboxylic acids is 2. The first-order valence-corrected chi connectivity index (χ1v) is 13.0. The Morgan fingerprint density at radius 2 is 1.68 bits per heavy atom. The van der Waals surface area contributed by atoms with E-state index in [9.17, 15) is 18.0 Å². The Morgan fingerprint density at radius 3 is 2.39 bits per heavy atom. The molecule has 3 N–H and O–H groups in total. The van der Waals surface area contributed by atoms with Crippen LogP contribution in [0.5, 0.6) is 0 Å². The normalized spacial score (nSPS) is 13.3. The number of fused-ring (bicyclic) bond motifs is 1. The van der Waals surface area contributed by atoms with Gasteiger partial charge in [0.2, 0.25) is 14.9 Å². The van der Waals surface area contributed by atoms with Crippen LogP contribution >= 0.6 is 0 Å². The molecule has 0 bridgehead atoms. The third kappa shape index (κ3) is 4.87. The molecule has 3 aromatic carbocycles. The maximum atomic E-state index is 12.7. The number of nitrogens with two attached hydrogens (primary N) is 1. The highest BCUT2D eigenvalue weighted by Gasteiger charge is 2.33. The molecule has 1 aliphatic rings. The van der Waals surface area contributed by atoms with Crippen molar-refractivity contribution in [2.75, 3.05) is 18.1 Å². The number of aromatic nitrogens is 2. The summed E-state index contributed by atoms with van der Waals surface area (Å²) in [6, 6.07) is 22.4. The monoisotopic (exact) mass is 529 g/mol. The van der Waals surface area contributed by atoms with Crippen molar-refractivity contribution in [3.05, 3.63) is 107 Å². The van der Waals surface area contributed by atoms with Crippen molar-refractivity contribution in [2.45, 2.75) is 11.4 Å². The minimum atomic E-state index is -3.87. The molecule has 192 valence electrons. The molecule has 38 heavy (non-hydrogen) atoms. The summed E-state index contributed by atoms with van der Waals surface area (Å²) in [6.45, 7) is 0.134. The molecule has 0 spiro atoms. The molecule has 0 aliphatic carbocycles. The number of benzene rings is 3. The van der Waals surface area contributed by atoms with Crippen LogP contribution in [-0.2, 0) is 21.1 Å². The van der Waals surface area contributed by atoms with E-state index in [2.05, 4.69) is 10.4 Å². The van der Waals surface area contributed by atoms with Crippen LogP contribution < -0.4 is 11.1 Å². The Kier molecular flexibility index (Phi) is 6.43. The molecule has 11 heteroatoms. The molecule has 1 aromatic heterocycles. The average molecular weight is 530 g/mol. The summed E-state index contributed by atoms with van der Waals surface area (Å²) in [7, 11) is -2.38. The molecule has 1 aliphatic heterocycles. The number of hydrogen-bond donors (Lipinski definition) is 2. The van der Waals surface area contributed by atoms with Gasteiger partial charge in [0.25, 0.3) is 5.91 Å². The Balaban J connectivity index is 1.20. The van der Waals surface area contributed by atoms with Crippen LogP contribution in [-0.4, -0.2) is 42.1 Å². The van der Waals surface area contributed by atoms with Gasteiger partial charge in [0.15, 0.2) is 5.82 Å². The van der Waals surface area contributed by atoms with Gasteiger partial charge in [-0.25, -0.2) is 17.9 Å². The van der Waals surface area contributed by atoms with Gasteiger partial charge >= 0.3 is 6.09 Å². The molecule has 0 unspecified atom stereocenters. The summed E-state index contributed by atoms with van der Waals surface area (Å²) >= 11 is 0. The number of nitrogens with one attached hydrogen (secondary N) is 1. The highest BCUT2D eigenvalue weighted by molar-refractivity contribution is 7.95. The van der Waals surface area contributed by atoms with E-state index in [1.165, 1.54) is 24.1 Å². The summed E-state index contributed by atoms with van der Waals surface area (Å²) in [5, 5.41) is 6.64. The fraction of sp³-hybridized carbons (Fsp3) is 0.0741. The second-order valence-corrected chi connectivity index (χ2v) is 10.4. The lowest BCUT2D eigenvalue weighted by Crippen LogP contribution is -2.27. The number of carbonyl (C=O) groups is 2. The van der Waals surface area contributed by atoms with Crippen LogP contribution in [0, 0.1) is 0 Å². The largest absolute Gasteiger partial charge is 0.415 e.